The van der Waals surface area contributed by atoms with Gasteiger partial charge in [0.25, 0.3) is 0 Å². The number of methoxy groups -OCH3 is 1. The summed E-state index contributed by atoms with van der Waals surface area (Å²) in [6.45, 7) is 6.09. The van der Waals surface area contributed by atoms with E-state index in [0.29, 0.717) is 6.54 Å². The van der Waals surface area contributed by atoms with E-state index in [2.05, 4.69) is 47.5 Å². The van der Waals surface area contributed by atoms with Crippen molar-refractivity contribution in [3.05, 3.63) is 65.2 Å². The van der Waals surface area contributed by atoms with Gasteiger partial charge in [0.05, 0.1) is 7.11 Å². The number of rotatable bonds is 8. The number of nitrogens with one attached hydrogen (secondary N) is 1. The van der Waals surface area contributed by atoms with Gasteiger partial charge in [-0.15, -0.1) is 0 Å². The fraction of sp³-hybridized carbons (Fsp3) is 0.500. The number of hydrogen-bond acceptors (Lipinski definition) is 3. The Labute approximate surface area is 180 Å². The van der Waals surface area contributed by atoms with Gasteiger partial charge in [0.1, 0.15) is 5.75 Å². The second-order valence-corrected chi connectivity index (χ2v) is 8.92. The monoisotopic (exact) mass is 406 g/mol. The minimum atomic E-state index is 0.209. The zero-order valence-electron chi connectivity index (χ0n) is 18.3. The number of likely N-dealkylation sites (tertiary alicyclic amines) is 1. The van der Waals surface area contributed by atoms with Crippen molar-refractivity contribution in [1.82, 2.24) is 10.2 Å². The van der Waals surface area contributed by atoms with Gasteiger partial charge in [-0.05, 0) is 73.4 Å². The molecule has 0 bridgehead atoms. The number of piperidine rings is 1. The fourth-order valence-electron chi connectivity index (χ4n) is 4.92. The van der Waals surface area contributed by atoms with Gasteiger partial charge in [-0.25, -0.2) is 0 Å². The number of carbonyl (C=O) groups excluding carboxylic acids is 1. The molecule has 2 aromatic carbocycles. The van der Waals surface area contributed by atoms with Crippen LogP contribution in [0, 0.1) is 11.3 Å². The highest BCUT2D eigenvalue weighted by Crippen LogP contribution is 2.59. The molecule has 30 heavy (non-hydrogen) atoms. The molecule has 4 rings (SSSR count). The van der Waals surface area contributed by atoms with Crippen molar-refractivity contribution in [2.45, 2.75) is 45.6 Å². The summed E-state index contributed by atoms with van der Waals surface area (Å²) >= 11 is 0. The maximum atomic E-state index is 12.7. The van der Waals surface area contributed by atoms with Crippen LogP contribution >= 0.6 is 0 Å². The smallest absolute Gasteiger partial charge is 0.223 e. The number of benzene rings is 2. The van der Waals surface area contributed by atoms with Crippen LogP contribution in [0.3, 0.4) is 0 Å². The van der Waals surface area contributed by atoms with Crippen molar-refractivity contribution in [3.8, 4) is 5.75 Å². The lowest BCUT2D eigenvalue weighted by Crippen LogP contribution is -2.37. The third-order valence-electron chi connectivity index (χ3n) is 7.08. The first-order valence-electron chi connectivity index (χ1n) is 11.3. The Kier molecular flexibility index (Phi) is 6.43. The maximum absolute atomic E-state index is 12.7. The standard InChI is InChI=1S/C26H34N2O2/c1-3-20-8-10-21(11-9-20)19-28-16-13-26(14-17-28)18-23(26)25(29)27-15-12-22-6-4-5-7-24(22)30-2/h4-11,23H,3,12-19H2,1-2H3,(H,27,29)/t23-/m0/s1. The van der Waals surface area contributed by atoms with Crippen molar-refractivity contribution < 1.29 is 9.53 Å². The number of para-hydroxylation sites is 1. The highest BCUT2D eigenvalue weighted by molar-refractivity contribution is 5.82. The van der Waals surface area contributed by atoms with Crippen LogP contribution in [0.25, 0.3) is 0 Å². The molecule has 1 saturated carbocycles. The second kappa shape index (κ2) is 9.22. The summed E-state index contributed by atoms with van der Waals surface area (Å²) in [6, 6.07) is 17.0. The molecule has 0 aromatic heterocycles. The van der Waals surface area contributed by atoms with E-state index in [9.17, 15) is 4.79 Å². The molecule has 2 aromatic rings. The topological polar surface area (TPSA) is 41.6 Å². The van der Waals surface area contributed by atoms with Gasteiger partial charge in [0, 0.05) is 19.0 Å². The number of ether oxygens (including phenoxy) is 1. The molecule has 1 spiro atoms. The van der Waals surface area contributed by atoms with Crippen LogP contribution in [-0.2, 0) is 24.2 Å². The largest absolute Gasteiger partial charge is 0.496 e. The third kappa shape index (κ3) is 4.70. The second-order valence-electron chi connectivity index (χ2n) is 8.92. The molecule has 2 aliphatic rings. The lowest BCUT2D eigenvalue weighted by molar-refractivity contribution is -0.123. The molecule has 1 N–H and O–H groups in total. The first-order chi connectivity index (χ1) is 14.6. The van der Waals surface area contributed by atoms with Crippen molar-refractivity contribution in [2.75, 3.05) is 26.7 Å². The molecule has 4 heteroatoms. The normalized spacial score (nSPS) is 20.1. The fourth-order valence-corrected chi connectivity index (χ4v) is 4.92. The van der Waals surface area contributed by atoms with Crippen LogP contribution < -0.4 is 10.1 Å². The van der Waals surface area contributed by atoms with Crippen molar-refractivity contribution in [2.24, 2.45) is 11.3 Å². The van der Waals surface area contributed by atoms with Gasteiger partial charge in [-0.3, -0.25) is 9.69 Å². The lowest BCUT2D eigenvalue weighted by atomic mass is 9.90. The van der Waals surface area contributed by atoms with Crippen LogP contribution in [-0.4, -0.2) is 37.6 Å². The minimum absolute atomic E-state index is 0.209. The summed E-state index contributed by atoms with van der Waals surface area (Å²) in [6.07, 6.45) is 5.25. The molecule has 160 valence electrons. The highest BCUT2D eigenvalue weighted by atomic mass is 16.5. The van der Waals surface area contributed by atoms with Crippen LogP contribution in [0.4, 0.5) is 0 Å². The van der Waals surface area contributed by atoms with E-state index in [1.807, 2.05) is 18.2 Å². The van der Waals surface area contributed by atoms with E-state index >= 15 is 0 Å². The first-order valence-corrected chi connectivity index (χ1v) is 11.3. The van der Waals surface area contributed by atoms with E-state index in [-0.39, 0.29) is 17.2 Å². The minimum Gasteiger partial charge on any atom is -0.496 e. The average Bonchev–Trinajstić information content (AvgIpc) is 3.50. The summed E-state index contributed by atoms with van der Waals surface area (Å²) in [5.74, 6) is 1.35. The highest BCUT2D eigenvalue weighted by Gasteiger charge is 2.58. The molecule has 0 radical (unpaired) electrons. The van der Waals surface area contributed by atoms with Crippen LogP contribution in [0.15, 0.2) is 48.5 Å². The van der Waals surface area contributed by atoms with E-state index in [1.54, 1.807) is 7.11 Å². The molecular formula is C26H34N2O2. The van der Waals surface area contributed by atoms with Crippen molar-refractivity contribution >= 4 is 5.91 Å². The summed E-state index contributed by atoms with van der Waals surface area (Å²) in [7, 11) is 1.69. The summed E-state index contributed by atoms with van der Waals surface area (Å²) in [4.78, 5) is 15.2. The number of amides is 1. The van der Waals surface area contributed by atoms with Crippen LogP contribution in [0.2, 0.25) is 0 Å². The predicted molar refractivity (Wildman–Crippen MR) is 121 cm³/mol. The van der Waals surface area contributed by atoms with Gasteiger partial charge < -0.3 is 10.1 Å². The molecule has 2 fully saturated rings. The van der Waals surface area contributed by atoms with E-state index in [1.165, 1.54) is 11.1 Å². The Morgan fingerprint density at radius 1 is 1.10 bits per heavy atom. The number of nitrogens with zero attached hydrogens (tertiary/aromatic N) is 1. The number of carbonyl (C=O) groups is 1. The van der Waals surface area contributed by atoms with Gasteiger partial charge in [-0.2, -0.15) is 0 Å². The molecule has 4 nitrogen and oxygen atoms in total. The van der Waals surface area contributed by atoms with E-state index in [4.69, 9.17) is 4.74 Å². The van der Waals surface area contributed by atoms with Crippen LogP contribution in [0.1, 0.15) is 42.9 Å². The molecule has 1 amide bonds. The summed E-state index contributed by atoms with van der Waals surface area (Å²) < 4.78 is 5.40. The number of aryl methyl sites for hydroxylation is 1. The SMILES string of the molecule is CCc1ccc(CN2CCC3(CC2)C[C@H]3C(=O)NCCc2ccccc2OC)cc1. The molecule has 0 unspecified atom stereocenters. The molecule has 1 saturated heterocycles. The van der Waals surface area contributed by atoms with Gasteiger partial charge in [0.2, 0.25) is 5.91 Å². The Balaban J connectivity index is 1.21. The summed E-state index contributed by atoms with van der Waals surface area (Å²) in [5.41, 5.74) is 4.20. The van der Waals surface area contributed by atoms with Gasteiger partial charge in [-0.1, -0.05) is 49.4 Å². The maximum Gasteiger partial charge on any atom is 0.223 e. The molecule has 1 aliphatic carbocycles. The average molecular weight is 407 g/mol. The molecule has 1 heterocycles. The quantitative estimate of drug-likeness (QED) is 0.714. The van der Waals surface area contributed by atoms with Gasteiger partial charge >= 0.3 is 0 Å². The lowest BCUT2D eigenvalue weighted by Gasteiger charge is -2.32. The molecule has 1 aliphatic heterocycles. The van der Waals surface area contributed by atoms with E-state index < -0.39 is 0 Å². The van der Waals surface area contributed by atoms with Gasteiger partial charge in [0.15, 0.2) is 0 Å². The zero-order valence-corrected chi connectivity index (χ0v) is 18.3. The van der Waals surface area contributed by atoms with Crippen molar-refractivity contribution in [3.63, 3.8) is 0 Å². The zero-order chi connectivity index (χ0) is 21.0. The molecule has 1 atom stereocenters. The third-order valence-corrected chi connectivity index (χ3v) is 7.08. The van der Waals surface area contributed by atoms with Crippen molar-refractivity contribution in [1.29, 1.82) is 0 Å². The Hall–Kier alpha value is -2.33. The Bertz CT molecular complexity index is 854. The summed E-state index contributed by atoms with van der Waals surface area (Å²) in [5, 5.41) is 3.17. The Morgan fingerprint density at radius 2 is 1.80 bits per heavy atom. The van der Waals surface area contributed by atoms with E-state index in [0.717, 1.165) is 63.1 Å². The Morgan fingerprint density at radius 3 is 2.50 bits per heavy atom. The first kappa shape index (κ1) is 20.9. The van der Waals surface area contributed by atoms with Crippen LogP contribution in [0.5, 0.6) is 5.75 Å². The number of hydrogen-bond donors (Lipinski definition) is 1. The predicted octanol–water partition coefficient (Wildman–Crippen LogP) is 4.22. The molecular weight excluding hydrogens is 372 g/mol.